The lowest BCUT2D eigenvalue weighted by molar-refractivity contribution is 0.679. The number of hydrogen-bond donors (Lipinski definition) is 2. The lowest BCUT2D eigenvalue weighted by Crippen LogP contribution is -2.00. The Morgan fingerprint density at radius 2 is 2.18 bits per heavy atom. The van der Waals surface area contributed by atoms with E-state index >= 15 is 0 Å². The van der Waals surface area contributed by atoms with Crippen molar-refractivity contribution in [2.24, 2.45) is 0 Å². The molecule has 0 atom stereocenters. The molecule has 3 aromatic heterocycles. The van der Waals surface area contributed by atoms with Crippen LogP contribution in [0.5, 0.6) is 0 Å². The monoisotopic (exact) mass is 245 g/mol. The molecule has 86 valence electrons. The Hall–Kier alpha value is -1.95. The average molecular weight is 245 g/mol. The number of nitrogens with zero attached hydrogens (tertiary/aromatic N) is 4. The fourth-order valence-corrected chi connectivity index (χ4v) is 1.86. The number of thiol groups is 1. The van der Waals surface area contributed by atoms with Gasteiger partial charge in [0.25, 0.3) is 0 Å². The minimum Gasteiger partial charge on any atom is -0.316 e. The molecule has 1 N–H and O–H groups in total. The highest BCUT2D eigenvalue weighted by molar-refractivity contribution is 7.81. The zero-order valence-corrected chi connectivity index (χ0v) is 9.88. The van der Waals surface area contributed by atoms with Crippen molar-refractivity contribution in [1.82, 2.24) is 19.2 Å². The van der Waals surface area contributed by atoms with E-state index in [0.29, 0.717) is 6.54 Å². The summed E-state index contributed by atoms with van der Waals surface area (Å²) >= 11 is 3.94. The summed E-state index contributed by atoms with van der Waals surface area (Å²) in [6.07, 6.45) is 5.88. The Morgan fingerprint density at radius 1 is 1.24 bits per heavy atom. The zero-order chi connectivity index (χ0) is 11.7. The minimum atomic E-state index is 0.650. The number of aromatic nitrogens is 4. The van der Waals surface area contributed by atoms with E-state index in [2.05, 4.69) is 27.6 Å². The van der Waals surface area contributed by atoms with Crippen molar-refractivity contribution < 1.29 is 0 Å². The van der Waals surface area contributed by atoms with Gasteiger partial charge in [0.1, 0.15) is 5.65 Å². The SMILES string of the molecule is SNc1ccn(Cc2cn3ccccc3n2)n1. The zero-order valence-electron chi connectivity index (χ0n) is 8.98. The van der Waals surface area contributed by atoms with Gasteiger partial charge >= 0.3 is 0 Å². The fraction of sp³-hybridized carbons (Fsp3) is 0.0909. The van der Waals surface area contributed by atoms with Gasteiger partial charge in [0, 0.05) is 24.7 Å². The Labute approximate surface area is 104 Å². The first-order chi connectivity index (χ1) is 8.35. The summed E-state index contributed by atoms with van der Waals surface area (Å²) < 4.78 is 6.51. The van der Waals surface area contributed by atoms with Crippen LogP contribution in [-0.4, -0.2) is 19.2 Å². The molecule has 0 radical (unpaired) electrons. The molecule has 3 aromatic rings. The molecule has 5 nitrogen and oxygen atoms in total. The number of imidazole rings is 1. The molecule has 3 rings (SSSR count). The second-order valence-corrected chi connectivity index (χ2v) is 3.93. The summed E-state index contributed by atoms with van der Waals surface area (Å²) in [4.78, 5) is 4.51. The van der Waals surface area contributed by atoms with Crippen LogP contribution in [0, 0.1) is 0 Å². The number of anilines is 1. The van der Waals surface area contributed by atoms with E-state index in [9.17, 15) is 0 Å². The molecule has 0 amide bonds. The summed E-state index contributed by atoms with van der Waals surface area (Å²) in [5, 5.41) is 4.27. The first-order valence-corrected chi connectivity index (χ1v) is 5.66. The quantitative estimate of drug-likeness (QED) is 0.692. The predicted octanol–water partition coefficient (Wildman–Crippen LogP) is 1.84. The van der Waals surface area contributed by atoms with Crippen molar-refractivity contribution in [3.63, 3.8) is 0 Å². The van der Waals surface area contributed by atoms with E-state index in [1.165, 1.54) is 0 Å². The van der Waals surface area contributed by atoms with Crippen LogP contribution in [0.2, 0.25) is 0 Å². The van der Waals surface area contributed by atoms with Crippen molar-refractivity contribution in [3.8, 4) is 0 Å². The molecule has 0 bridgehead atoms. The average Bonchev–Trinajstić information content (AvgIpc) is 2.94. The van der Waals surface area contributed by atoms with Crippen LogP contribution in [0.1, 0.15) is 5.69 Å². The predicted molar refractivity (Wildman–Crippen MR) is 69.1 cm³/mol. The van der Waals surface area contributed by atoms with Gasteiger partial charge in [0.2, 0.25) is 0 Å². The maximum atomic E-state index is 4.51. The first-order valence-electron chi connectivity index (χ1n) is 5.21. The molecule has 3 heterocycles. The molecule has 17 heavy (non-hydrogen) atoms. The standard InChI is InChI=1S/C11H11N5S/c17-14-10-4-6-16(13-10)8-9-7-15-5-2-1-3-11(15)12-9/h1-7,17H,8H2,(H,13,14). The Kier molecular flexibility index (Phi) is 2.49. The molecule has 0 unspecified atom stereocenters. The molecule has 0 aliphatic carbocycles. The van der Waals surface area contributed by atoms with Crippen LogP contribution in [0.15, 0.2) is 42.9 Å². The van der Waals surface area contributed by atoms with Crippen molar-refractivity contribution in [3.05, 3.63) is 48.5 Å². The number of fused-ring (bicyclic) bond motifs is 1. The van der Waals surface area contributed by atoms with E-state index in [1.807, 2.05) is 51.9 Å². The maximum absolute atomic E-state index is 4.51. The third-order valence-corrected chi connectivity index (χ3v) is 2.72. The molecule has 0 saturated heterocycles. The second kappa shape index (κ2) is 4.14. The molecule has 0 saturated carbocycles. The highest BCUT2D eigenvalue weighted by Crippen LogP contribution is 2.08. The number of pyridine rings is 1. The normalized spacial score (nSPS) is 10.9. The van der Waals surface area contributed by atoms with Gasteiger partial charge in [-0.15, -0.1) is 0 Å². The van der Waals surface area contributed by atoms with Gasteiger partial charge < -0.3 is 9.12 Å². The third kappa shape index (κ3) is 1.99. The van der Waals surface area contributed by atoms with Crippen LogP contribution >= 0.6 is 12.8 Å². The van der Waals surface area contributed by atoms with E-state index in [4.69, 9.17) is 0 Å². The van der Waals surface area contributed by atoms with E-state index < -0.39 is 0 Å². The minimum absolute atomic E-state index is 0.650. The number of nitrogens with one attached hydrogen (secondary N) is 1. The molecular weight excluding hydrogens is 234 g/mol. The summed E-state index contributed by atoms with van der Waals surface area (Å²) in [5.41, 5.74) is 1.92. The van der Waals surface area contributed by atoms with Gasteiger partial charge in [-0.2, -0.15) is 5.10 Å². The number of hydrogen-bond acceptors (Lipinski definition) is 4. The summed E-state index contributed by atoms with van der Waals surface area (Å²) in [6.45, 7) is 0.650. The lowest BCUT2D eigenvalue weighted by atomic mass is 10.5. The maximum Gasteiger partial charge on any atom is 0.157 e. The molecule has 0 aromatic carbocycles. The van der Waals surface area contributed by atoms with Crippen LogP contribution in [0.4, 0.5) is 5.82 Å². The highest BCUT2D eigenvalue weighted by Gasteiger charge is 2.03. The second-order valence-electron chi connectivity index (χ2n) is 3.71. The topological polar surface area (TPSA) is 47.2 Å². The van der Waals surface area contributed by atoms with E-state index in [-0.39, 0.29) is 0 Å². The van der Waals surface area contributed by atoms with Gasteiger partial charge in [0.15, 0.2) is 5.82 Å². The van der Waals surface area contributed by atoms with Crippen molar-refractivity contribution >= 4 is 24.3 Å². The van der Waals surface area contributed by atoms with Crippen molar-refractivity contribution in [2.75, 3.05) is 4.72 Å². The Balaban J connectivity index is 1.89. The van der Waals surface area contributed by atoms with E-state index in [0.717, 1.165) is 17.2 Å². The summed E-state index contributed by atoms with van der Waals surface area (Å²) in [5.74, 6) is 0.733. The molecule has 0 spiro atoms. The van der Waals surface area contributed by atoms with Crippen molar-refractivity contribution in [2.45, 2.75) is 6.54 Å². The van der Waals surface area contributed by atoms with Gasteiger partial charge in [-0.3, -0.25) is 4.68 Å². The van der Waals surface area contributed by atoms with Gasteiger partial charge in [-0.1, -0.05) is 18.9 Å². The van der Waals surface area contributed by atoms with Crippen molar-refractivity contribution in [1.29, 1.82) is 0 Å². The van der Waals surface area contributed by atoms with Crippen LogP contribution in [0.25, 0.3) is 5.65 Å². The highest BCUT2D eigenvalue weighted by atomic mass is 32.1. The summed E-state index contributed by atoms with van der Waals surface area (Å²) in [7, 11) is 0. The first kappa shape index (κ1) is 10.2. The lowest BCUT2D eigenvalue weighted by Gasteiger charge is -1.96. The molecule has 6 heteroatoms. The molecule has 0 aliphatic rings. The fourth-order valence-electron chi connectivity index (χ4n) is 1.74. The summed E-state index contributed by atoms with van der Waals surface area (Å²) in [6, 6.07) is 7.80. The third-order valence-electron chi connectivity index (χ3n) is 2.49. The van der Waals surface area contributed by atoms with Gasteiger partial charge in [0.05, 0.1) is 12.2 Å². The molecule has 0 fully saturated rings. The van der Waals surface area contributed by atoms with Crippen LogP contribution in [0.3, 0.4) is 0 Å². The Morgan fingerprint density at radius 3 is 2.94 bits per heavy atom. The largest absolute Gasteiger partial charge is 0.316 e. The van der Waals surface area contributed by atoms with Gasteiger partial charge in [-0.25, -0.2) is 4.98 Å². The number of rotatable bonds is 3. The molecule has 0 aliphatic heterocycles. The van der Waals surface area contributed by atoms with Gasteiger partial charge in [-0.05, 0) is 12.1 Å². The smallest absolute Gasteiger partial charge is 0.157 e. The van der Waals surface area contributed by atoms with Crippen LogP contribution < -0.4 is 4.72 Å². The Bertz CT molecular complexity index is 609. The van der Waals surface area contributed by atoms with E-state index in [1.54, 1.807) is 0 Å². The van der Waals surface area contributed by atoms with Crippen LogP contribution in [-0.2, 0) is 6.54 Å². The molecular formula is C11H11N5S.